The van der Waals surface area contributed by atoms with Crippen molar-refractivity contribution in [2.75, 3.05) is 12.3 Å². The van der Waals surface area contributed by atoms with Gasteiger partial charge in [-0.1, -0.05) is 17.8 Å². The molecule has 1 fully saturated rings. The van der Waals surface area contributed by atoms with Crippen LogP contribution in [-0.4, -0.2) is 37.6 Å². The highest BCUT2D eigenvalue weighted by Crippen LogP contribution is 2.24. The van der Waals surface area contributed by atoms with E-state index >= 15 is 0 Å². The number of likely N-dealkylation sites (tertiary alicyclic amines) is 1. The first-order chi connectivity index (χ1) is 10.1. The van der Waals surface area contributed by atoms with Crippen LogP contribution in [0.3, 0.4) is 0 Å². The predicted molar refractivity (Wildman–Crippen MR) is 81.9 cm³/mol. The van der Waals surface area contributed by atoms with Gasteiger partial charge in [0.25, 0.3) is 0 Å². The summed E-state index contributed by atoms with van der Waals surface area (Å²) in [5.74, 6) is 1.19. The molecular weight excluding hydrogens is 286 g/mol. The summed E-state index contributed by atoms with van der Waals surface area (Å²) in [6.07, 6.45) is 6.22. The Hall–Kier alpha value is -1.82. The molecule has 1 aliphatic heterocycles. The normalized spacial score (nSPS) is 18.6. The Balaban J connectivity index is 1.64. The molecule has 0 aromatic carbocycles. The van der Waals surface area contributed by atoms with Crippen LogP contribution >= 0.6 is 11.8 Å². The third-order valence-electron chi connectivity index (χ3n) is 3.64. The molecule has 0 spiro atoms. The SMILES string of the molecule is CC(=O)SCC1CC(=O)N(Cc2ccc3nccn3c2)C1. The summed E-state index contributed by atoms with van der Waals surface area (Å²) in [4.78, 5) is 29.2. The second-order valence-corrected chi connectivity index (χ2v) is 6.57. The number of imidazole rings is 1. The Kier molecular flexibility index (Phi) is 3.96. The highest BCUT2D eigenvalue weighted by molar-refractivity contribution is 8.13. The smallest absolute Gasteiger partial charge is 0.223 e. The molecule has 6 heteroatoms. The molecule has 0 saturated carbocycles. The number of amides is 1. The van der Waals surface area contributed by atoms with E-state index in [0.29, 0.717) is 13.0 Å². The lowest BCUT2D eigenvalue weighted by molar-refractivity contribution is -0.128. The third-order valence-corrected chi connectivity index (χ3v) is 4.68. The number of rotatable bonds is 4. The number of pyridine rings is 1. The lowest BCUT2D eigenvalue weighted by atomic mass is 10.1. The monoisotopic (exact) mass is 303 g/mol. The minimum Gasteiger partial charge on any atom is -0.338 e. The molecular formula is C15H17N3O2S. The number of aromatic nitrogens is 2. The molecule has 1 saturated heterocycles. The molecule has 3 heterocycles. The van der Waals surface area contributed by atoms with Crippen molar-refractivity contribution in [2.24, 2.45) is 5.92 Å². The van der Waals surface area contributed by atoms with Crippen LogP contribution in [0.25, 0.3) is 5.65 Å². The van der Waals surface area contributed by atoms with Gasteiger partial charge < -0.3 is 9.30 Å². The number of fused-ring (bicyclic) bond motifs is 1. The maximum Gasteiger partial charge on any atom is 0.223 e. The van der Waals surface area contributed by atoms with Gasteiger partial charge in [0.2, 0.25) is 5.91 Å². The highest BCUT2D eigenvalue weighted by Gasteiger charge is 2.29. The third kappa shape index (κ3) is 3.26. The first-order valence-corrected chi connectivity index (χ1v) is 7.93. The molecule has 21 heavy (non-hydrogen) atoms. The van der Waals surface area contributed by atoms with Gasteiger partial charge in [0, 0.05) is 50.8 Å². The summed E-state index contributed by atoms with van der Waals surface area (Å²) in [7, 11) is 0. The topological polar surface area (TPSA) is 54.7 Å². The summed E-state index contributed by atoms with van der Waals surface area (Å²) in [6, 6.07) is 3.96. The van der Waals surface area contributed by atoms with E-state index in [1.807, 2.05) is 33.8 Å². The Morgan fingerprint density at radius 3 is 3.14 bits per heavy atom. The van der Waals surface area contributed by atoms with E-state index in [4.69, 9.17) is 0 Å². The van der Waals surface area contributed by atoms with Crippen LogP contribution in [0, 0.1) is 5.92 Å². The van der Waals surface area contributed by atoms with Crippen molar-refractivity contribution in [2.45, 2.75) is 19.9 Å². The number of carbonyl (C=O) groups is 2. The minimum absolute atomic E-state index is 0.117. The Morgan fingerprint density at radius 1 is 1.48 bits per heavy atom. The summed E-state index contributed by atoms with van der Waals surface area (Å²) < 4.78 is 1.96. The van der Waals surface area contributed by atoms with Crippen molar-refractivity contribution in [1.82, 2.24) is 14.3 Å². The van der Waals surface area contributed by atoms with Gasteiger partial charge >= 0.3 is 0 Å². The number of nitrogens with zero attached hydrogens (tertiary/aromatic N) is 3. The maximum atomic E-state index is 12.1. The van der Waals surface area contributed by atoms with E-state index in [2.05, 4.69) is 4.98 Å². The molecule has 3 rings (SSSR count). The van der Waals surface area contributed by atoms with E-state index in [9.17, 15) is 9.59 Å². The predicted octanol–water partition coefficient (Wildman–Crippen LogP) is 1.96. The molecule has 2 aromatic rings. The molecule has 110 valence electrons. The zero-order chi connectivity index (χ0) is 14.8. The largest absolute Gasteiger partial charge is 0.338 e. The van der Waals surface area contributed by atoms with Crippen molar-refractivity contribution in [3.8, 4) is 0 Å². The molecule has 0 N–H and O–H groups in total. The van der Waals surface area contributed by atoms with E-state index in [1.165, 1.54) is 11.8 Å². The fourth-order valence-corrected chi connectivity index (χ4v) is 3.33. The molecule has 2 aromatic heterocycles. The fourth-order valence-electron chi connectivity index (χ4n) is 2.63. The van der Waals surface area contributed by atoms with Crippen molar-refractivity contribution in [3.63, 3.8) is 0 Å². The van der Waals surface area contributed by atoms with Crippen LogP contribution in [0.4, 0.5) is 0 Å². The van der Waals surface area contributed by atoms with Gasteiger partial charge in [-0.2, -0.15) is 0 Å². The van der Waals surface area contributed by atoms with Crippen LogP contribution in [0.15, 0.2) is 30.7 Å². The van der Waals surface area contributed by atoms with E-state index in [-0.39, 0.29) is 16.9 Å². The average Bonchev–Trinajstić information content (AvgIpc) is 3.03. The second-order valence-electron chi connectivity index (χ2n) is 5.38. The summed E-state index contributed by atoms with van der Waals surface area (Å²) in [5, 5.41) is 0.117. The van der Waals surface area contributed by atoms with Crippen LogP contribution in [0.5, 0.6) is 0 Å². The van der Waals surface area contributed by atoms with E-state index in [0.717, 1.165) is 23.5 Å². The fraction of sp³-hybridized carbons (Fsp3) is 0.400. The van der Waals surface area contributed by atoms with Gasteiger partial charge in [0.15, 0.2) is 5.12 Å². The average molecular weight is 303 g/mol. The van der Waals surface area contributed by atoms with Crippen molar-refractivity contribution < 1.29 is 9.59 Å². The molecule has 1 atom stereocenters. The van der Waals surface area contributed by atoms with Gasteiger partial charge in [-0.3, -0.25) is 9.59 Å². The van der Waals surface area contributed by atoms with Gasteiger partial charge in [-0.15, -0.1) is 0 Å². The number of hydrogen-bond acceptors (Lipinski definition) is 4. The van der Waals surface area contributed by atoms with Crippen LogP contribution in [0.2, 0.25) is 0 Å². The van der Waals surface area contributed by atoms with Crippen LogP contribution in [0.1, 0.15) is 18.9 Å². The van der Waals surface area contributed by atoms with Crippen LogP contribution < -0.4 is 0 Å². The molecule has 5 nitrogen and oxygen atoms in total. The molecule has 1 aliphatic rings. The van der Waals surface area contributed by atoms with Crippen molar-refractivity contribution in [1.29, 1.82) is 0 Å². The number of thioether (sulfide) groups is 1. The summed E-state index contributed by atoms with van der Waals surface area (Å²) >= 11 is 1.31. The zero-order valence-electron chi connectivity index (χ0n) is 11.9. The highest BCUT2D eigenvalue weighted by atomic mass is 32.2. The Morgan fingerprint density at radius 2 is 2.33 bits per heavy atom. The second kappa shape index (κ2) is 5.89. The lowest BCUT2D eigenvalue weighted by Crippen LogP contribution is -2.25. The number of hydrogen-bond donors (Lipinski definition) is 0. The lowest BCUT2D eigenvalue weighted by Gasteiger charge is -2.16. The zero-order valence-corrected chi connectivity index (χ0v) is 12.7. The van der Waals surface area contributed by atoms with Gasteiger partial charge in [0.05, 0.1) is 0 Å². The van der Waals surface area contributed by atoms with Gasteiger partial charge in [-0.05, 0) is 17.5 Å². The minimum atomic E-state index is 0.117. The molecule has 0 bridgehead atoms. The molecule has 0 radical (unpaired) electrons. The van der Waals surface area contributed by atoms with E-state index < -0.39 is 0 Å². The van der Waals surface area contributed by atoms with Gasteiger partial charge in [-0.25, -0.2) is 4.98 Å². The summed E-state index contributed by atoms with van der Waals surface area (Å²) in [6.45, 7) is 2.93. The maximum absolute atomic E-state index is 12.1. The van der Waals surface area contributed by atoms with Gasteiger partial charge in [0.1, 0.15) is 5.65 Å². The van der Waals surface area contributed by atoms with Crippen molar-refractivity contribution in [3.05, 3.63) is 36.3 Å². The van der Waals surface area contributed by atoms with Crippen LogP contribution in [-0.2, 0) is 16.1 Å². The first kappa shape index (κ1) is 14.1. The first-order valence-electron chi connectivity index (χ1n) is 6.94. The van der Waals surface area contributed by atoms with E-state index in [1.54, 1.807) is 13.1 Å². The quantitative estimate of drug-likeness (QED) is 0.866. The standard InChI is InChI=1S/C15H17N3O2S/c1-11(19)21-10-13-6-15(20)18(9-13)8-12-2-3-14-16-4-5-17(14)7-12/h2-5,7,13H,6,8-10H2,1H3. The molecule has 1 unspecified atom stereocenters. The Bertz CT molecular complexity index is 682. The number of carbonyl (C=O) groups excluding carboxylic acids is 2. The van der Waals surface area contributed by atoms with Crippen molar-refractivity contribution >= 4 is 28.4 Å². The Labute approximate surface area is 127 Å². The molecule has 0 aliphatic carbocycles. The summed E-state index contributed by atoms with van der Waals surface area (Å²) in [5.41, 5.74) is 2.00. The molecule has 1 amide bonds.